The Kier molecular flexibility index (Phi) is 8.31. The van der Waals surface area contributed by atoms with Crippen molar-refractivity contribution in [3.05, 3.63) is 12.7 Å². The molecule has 0 aromatic carbocycles. The molecule has 0 spiro atoms. The quantitative estimate of drug-likeness (QED) is 0.549. The summed E-state index contributed by atoms with van der Waals surface area (Å²) in [5.74, 6) is 1.37. The highest BCUT2D eigenvalue weighted by Gasteiger charge is 2.31. The fourth-order valence-electron chi connectivity index (χ4n) is 3.44. The molecule has 1 aliphatic rings. The van der Waals surface area contributed by atoms with Gasteiger partial charge in [0.15, 0.2) is 0 Å². The summed E-state index contributed by atoms with van der Waals surface area (Å²) in [6.45, 7) is 11.1. The molecule has 5 nitrogen and oxygen atoms in total. The smallest absolute Gasteiger partial charge is 0.319 e. The van der Waals surface area contributed by atoms with Gasteiger partial charge in [0.25, 0.3) is 0 Å². The highest BCUT2D eigenvalue weighted by Crippen LogP contribution is 2.33. The minimum atomic E-state index is -0.342. The molecule has 1 saturated carbocycles. The Labute approximate surface area is 140 Å². The largest absolute Gasteiger partial charge is 0.468 e. The second kappa shape index (κ2) is 9.71. The average molecular weight is 324 g/mol. The van der Waals surface area contributed by atoms with E-state index in [0.29, 0.717) is 24.3 Å². The molecule has 5 heteroatoms. The maximum absolute atomic E-state index is 12.4. The number of esters is 1. The molecule has 3 atom stereocenters. The number of rotatable bonds is 8. The van der Waals surface area contributed by atoms with E-state index in [9.17, 15) is 9.59 Å². The lowest BCUT2D eigenvalue weighted by atomic mass is 9.74. The molecule has 1 rings (SSSR count). The molecule has 0 radical (unpaired) electrons. The predicted molar refractivity (Wildman–Crippen MR) is 91.9 cm³/mol. The van der Waals surface area contributed by atoms with Gasteiger partial charge < -0.3 is 10.1 Å². The van der Waals surface area contributed by atoms with Crippen LogP contribution < -0.4 is 5.32 Å². The van der Waals surface area contributed by atoms with Crippen molar-refractivity contribution >= 4 is 11.9 Å². The first-order valence-electron chi connectivity index (χ1n) is 8.56. The summed E-state index contributed by atoms with van der Waals surface area (Å²) in [6.07, 6.45) is 5.13. The van der Waals surface area contributed by atoms with E-state index >= 15 is 0 Å². The van der Waals surface area contributed by atoms with Crippen molar-refractivity contribution < 1.29 is 14.3 Å². The van der Waals surface area contributed by atoms with E-state index in [0.717, 1.165) is 6.42 Å². The first-order chi connectivity index (χ1) is 10.9. The van der Waals surface area contributed by atoms with Gasteiger partial charge in [-0.2, -0.15) is 0 Å². The highest BCUT2D eigenvalue weighted by atomic mass is 16.5. The van der Waals surface area contributed by atoms with Crippen molar-refractivity contribution in [1.29, 1.82) is 0 Å². The lowest BCUT2D eigenvalue weighted by molar-refractivity contribution is -0.142. The fraction of sp³-hybridized carbons (Fsp3) is 0.778. The van der Waals surface area contributed by atoms with Crippen LogP contribution in [0.25, 0.3) is 0 Å². The maximum Gasteiger partial charge on any atom is 0.319 e. The van der Waals surface area contributed by atoms with Crippen molar-refractivity contribution in [2.75, 3.05) is 26.7 Å². The van der Waals surface area contributed by atoms with Crippen LogP contribution in [-0.2, 0) is 14.3 Å². The average Bonchev–Trinajstić information content (AvgIpc) is 2.46. The van der Waals surface area contributed by atoms with Crippen LogP contribution in [0.3, 0.4) is 0 Å². The molecule has 1 N–H and O–H groups in total. The summed E-state index contributed by atoms with van der Waals surface area (Å²) in [7, 11) is 1.35. The van der Waals surface area contributed by atoms with Crippen molar-refractivity contribution in [2.45, 2.75) is 46.1 Å². The zero-order valence-corrected chi connectivity index (χ0v) is 15.0. The molecule has 132 valence electrons. The lowest BCUT2D eigenvalue weighted by Crippen LogP contribution is -2.49. The van der Waals surface area contributed by atoms with E-state index in [2.05, 4.69) is 37.4 Å². The zero-order valence-electron chi connectivity index (χ0n) is 15.0. The van der Waals surface area contributed by atoms with Gasteiger partial charge >= 0.3 is 5.97 Å². The van der Waals surface area contributed by atoms with Crippen molar-refractivity contribution in [1.82, 2.24) is 10.2 Å². The van der Waals surface area contributed by atoms with E-state index in [1.54, 1.807) is 11.0 Å². The Bertz CT molecular complexity index is 409. The molecule has 0 bridgehead atoms. The summed E-state index contributed by atoms with van der Waals surface area (Å²) < 4.78 is 4.67. The Morgan fingerprint density at radius 1 is 1.35 bits per heavy atom. The van der Waals surface area contributed by atoms with Gasteiger partial charge in [0.2, 0.25) is 5.91 Å². The summed E-state index contributed by atoms with van der Waals surface area (Å²) >= 11 is 0. The number of carbonyl (C=O) groups excluding carboxylic acids is 2. The minimum absolute atomic E-state index is 0.0273. The summed E-state index contributed by atoms with van der Waals surface area (Å²) in [4.78, 5) is 25.6. The number of nitrogens with zero attached hydrogens (tertiary/aromatic N) is 1. The van der Waals surface area contributed by atoms with Gasteiger partial charge in [0.05, 0.1) is 20.2 Å². The first-order valence-corrected chi connectivity index (χ1v) is 8.56. The van der Waals surface area contributed by atoms with Crippen LogP contribution in [0.1, 0.15) is 40.0 Å². The number of methoxy groups -OCH3 is 1. The van der Waals surface area contributed by atoms with E-state index in [4.69, 9.17) is 0 Å². The molecule has 0 saturated heterocycles. The number of hydrogen-bond donors (Lipinski definition) is 1. The molecule has 0 heterocycles. The number of ether oxygens (including phenoxy) is 1. The molecule has 0 aromatic heterocycles. The molecule has 0 aromatic rings. The van der Waals surface area contributed by atoms with Crippen molar-refractivity contribution in [3.63, 3.8) is 0 Å². The van der Waals surface area contributed by atoms with Crippen LogP contribution in [0.5, 0.6) is 0 Å². The molecule has 23 heavy (non-hydrogen) atoms. The van der Waals surface area contributed by atoms with Crippen molar-refractivity contribution in [2.24, 2.45) is 17.8 Å². The van der Waals surface area contributed by atoms with Gasteiger partial charge in [0.1, 0.15) is 0 Å². The summed E-state index contributed by atoms with van der Waals surface area (Å²) in [6, 6.07) is 0.231. The van der Waals surface area contributed by atoms with E-state index in [1.807, 2.05) is 0 Å². The number of hydrogen-bond acceptors (Lipinski definition) is 4. The highest BCUT2D eigenvalue weighted by molar-refractivity contribution is 5.79. The van der Waals surface area contributed by atoms with Gasteiger partial charge in [-0.25, -0.2) is 0 Å². The van der Waals surface area contributed by atoms with Gasteiger partial charge in [0, 0.05) is 12.6 Å². The lowest BCUT2D eigenvalue weighted by Gasteiger charge is -2.38. The SMILES string of the molecule is C=CCN(CC(=O)N[C@H]1C[C@H](C)CC[C@H]1C(C)C)CC(=O)OC. The van der Waals surface area contributed by atoms with Gasteiger partial charge in [-0.3, -0.25) is 14.5 Å². The normalized spacial score (nSPS) is 24.5. The second-order valence-electron chi connectivity index (χ2n) is 7.03. The van der Waals surface area contributed by atoms with E-state index < -0.39 is 0 Å². The Morgan fingerprint density at radius 2 is 2.04 bits per heavy atom. The molecule has 1 amide bonds. The van der Waals surface area contributed by atoms with Crippen molar-refractivity contribution in [3.8, 4) is 0 Å². The predicted octanol–water partition coefficient (Wildman–Crippen LogP) is 2.22. The summed E-state index contributed by atoms with van der Waals surface area (Å²) in [5.41, 5.74) is 0. The standard InChI is InChI=1S/C18H32N2O3/c1-6-9-20(12-18(22)23-5)11-17(21)19-16-10-14(4)7-8-15(16)13(2)3/h6,13-16H,1,7-12H2,2-5H3,(H,19,21)/t14-,15+,16+/m1/s1. The first kappa shape index (κ1) is 19.7. The molecule has 0 unspecified atom stereocenters. The van der Waals surface area contributed by atoms with Crippen LogP contribution in [0.4, 0.5) is 0 Å². The minimum Gasteiger partial charge on any atom is -0.468 e. The Hall–Kier alpha value is -1.36. The number of amides is 1. The van der Waals surface area contributed by atoms with Gasteiger partial charge in [-0.1, -0.05) is 33.3 Å². The Balaban J connectivity index is 2.60. The van der Waals surface area contributed by atoms with E-state index in [1.165, 1.54) is 20.0 Å². The van der Waals surface area contributed by atoms with Gasteiger partial charge in [-0.05, 0) is 30.6 Å². The fourth-order valence-corrected chi connectivity index (χ4v) is 3.44. The van der Waals surface area contributed by atoms with Gasteiger partial charge in [-0.15, -0.1) is 6.58 Å². The Morgan fingerprint density at radius 3 is 2.61 bits per heavy atom. The van der Waals surface area contributed by atoms with E-state index in [-0.39, 0.29) is 31.0 Å². The third-order valence-electron chi connectivity index (χ3n) is 4.70. The number of carbonyl (C=O) groups is 2. The third kappa shape index (κ3) is 6.73. The second-order valence-corrected chi connectivity index (χ2v) is 7.03. The van der Waals surface area contributed by atoms with Crippen LogP contribution in [0.15, 0.2) is 12.7 Å². The maximum atomic E-state index is 12.4. The molecular weight excluding hydrogens is 292 g/mol. The monoisotopic (exact) mass is 324 g/mol. The molecule has 0 aliphatic heterocycles. The number of nitrogens with one attached hydrogen (secondary N) is 1. The zero-order chi connectivity index (χ0) is 17.4. The third-order valence-corrected chi connectivity index (χ3v) is 4.70. The van der Waals surface area contributed by atoms with Crippen LogP contribution in [-0.4, -0.2) is 49.6 Å². The molecule has 1 aliphatic carbocycles. The topological polar surface area (TPSA) is 58.6 Å². The molecule has 1 fully saturated rings. The summed E-state index contributed by atoms with van der Waals surface area (Å²) in [5, 5.41) is 3.19. The molecular formula is C18H32N2O3. The van der Waals surface area contributed by atoms with Crippen LogP contribution >= 0.6 is 0 Å². The van der Waals surface area contributed by atoms with Crippen LogP contribution in [0, 0.1) is 17.8 Å². The van der Waals surface area contributed by atoms with Crippen LogP contribution in [0.2, 0.25) is 0 Å².